The molecule has 1 fully saturated rings. The second kappa shape index (κ2) is 8.11. The summed E-state index contributed by atoms with van der Waals surface area (Å²) >= 11 is 0. The summed E-state index contributed by atoms with van der Waals surface area (Å²) in [7, 11) is 0. The molecule has 3 heterocycles. The number of piperazine rings is 1. The zero-order valence-electron chi connectivity index (χ0n) is 17.3. The van der Waals surface area contributed by atoms with Gasteiger partial charge < -0.3 is 16.0 Å². The zero-order chi connectivity index (χ0) is 23.1. The number of rotatable bonds is 3. The van der Waals surface area contributed by atoms with Gasteiger partial charge in [-0.2, -0.15) is 10.4 Å². The van der Waals surface area contributed by atoms with E-state index in [9.17, 15) is 18.4 Å². The molecule has 4 aromatic rings. The molecule has 1 saturated heterocycles. The Hall–Kier alpha value is -4.10. The number of benzene rings is 2. The SMILES string of the molecule is N#Cc1c(-c2c(F)ccc(F)c2F)nc2[nH]nc(N)c2c1-c1ccc(N2CCNCC2)cc1. The van der Waals surface area contributed by atoms with Gasteiger partial charge >= 0.3 is 0 Å². The van der Waals surface area contributed by atoms with Crippen LogP contribution in [0.1, 0.15) is 5.56 Å². The van der Waals surface area contributed by atoms with Gasteiger partial charge in [-0.25, -0.2) is 18.2 Å². The summed E-state index contributed by atoms with van der Waals surface area (Å²) in [5.41, 5.74) is 6.90. The summed E-state index contributed by atoms with van der Waals surface area (Å²) in [5.74, 6) is -3.62. The van der Waals surface area contributed by atoms with Crippen LogP contribution in [0.25, 0.3) is 33.4 Å². The number of nitriles is 1. The molecule has 0 amide bonds. The smallest absolute Gasteiger partial charge is 0.171 e. The Bertz CT molecular complexity index is 1400. The third-order valence-corrected chi connectivity index (χ3v) is 5.77. The van der Waals surface area contributed by atoms with Gasteiger partial charge in [0.15, 0.2) is 23.1 Å². The van der Waals surface area contributed by atoms with Crippen LogP contribution in [0.15, 0.2) is 36.4 Å². The first-order valence-corrected chi connectivity index (χ1v) is 10.3. The normalized spacial score (nSPS) is 13.9. The van der Waals surface area contributed by atoms with Gasteiger partial charge in [0, 0.05) is 37.4 Å². The molecule has 33 heavy (non-hydrogen) atoms. The number of nitrogen functional groups attached to an aromatic ring is 1. The molecular formula is C23H18F3N7. The predicted octanol–water partition coefficient (Wildman–Crippen LogP) is 3.57. The minimum absolute atomic E-state index is 0.0851. The second-order valence-corrected chi connectivity index (χ2v) is 7.66. The summed E-state index contributed by atoms with van der Waals surface area (Å²) in [6.45, 7) is 3.48. The van der Waals surface area contributed by atoms with E-state index in [1.54, 1.807) is 0 Å². The molecule has 0 unspecified atom stereocenters. The minimum Gasteiger partial charge on any atom is -0.382 e. The lowest BCUT2D eigenvalue weighted by atomic mass is 9.93. The molecule has 1 aliphatic heterocycles. The number of hydrogen-bond acceptors (Lipinski definition) is 6. The number of nitrogens with one attached hydrogen (secondary N) is 2. The molecular weight excluding hydrogens is 431 g/mol. The van der Waals surface area contributed by atoms with E-state index in [1.807, 2.05) is 30.3 Å². The second-order valence-electron chi connectivity index (χ2n) is 7.66. The number of fused-ring (bicyclic) bond motifs is 1. The van der Waals surface area contributed by atoms with Crippen LogP contribution >= 0.6 is 0 Å². The Morgan fingerprint density at radius 3 is 2.36 bits per heavy atom. The van der Waals surface area contributed by atoms with E-state index < -0.39 is 23.0 Å². The van der Waals surface area contributed by atoms with Crippen molar-refractivity contribution in [1.82, 2.24) is 20.5 Å². The van der Waals surface area contributed by atoms with E-state index in [2.05, 4.69) is 25.4 Å². The molecule has 10 heteroatoms. The van der Waals surface area contributed by atoms with E-state index in [0.717, 1.165) is 37.9 Å². The fraction of sp³-hybridized carbons (Fsp3) is 0.174. The Morgan fingerprint density at radius 2 is 1.67 bits per heavy atom. The van der Waals surface area contributed by atoms with Gasteiger partial charge in [0.05, 0.1) is 22.2 Å². The third kappa shape index (κ3) is 3.43. The Labute approximate surface area is 186 Å². The average Bonchev–Trinajstić information content (AvgIpc) is 3.21. The molecule has 166 valence electrons. The average molecular weight is 449 g/mol. The first-order valence-electron chi connectivity index (χ1n) is 10.3. The van der Waals surface area contributed by atoms with Gasteiger partial charge in [-0.1, -0.05) is 12.1 Å². The lowest BCUT2D eigenvalue weighted by Gasteiger charge is -2.29. The molecule has 2 aromatic heterocycles. The lowest BCUT2D eigenvalue weighted by molar-refractivity contribution is 0.498. The largest absolute Gasteiger partial charge is 0.382 e. The maximum absolute atomic E-state index is 14.6. The van der Waals surface area contributed by atoms with Crippen LogP contribution in [0.3, 0.4) is 0 Å². The first kappa shape index (κ1) is 20.8. The van der Waals surface area contributed by atoms with Crippen molar-refractivity contribution >= 4 is 22.5 Å². The van der Waals surface area contributed by atoms with Crippen molar-refractivity contribution in [3.63, 3.8) is 0 Å². The number of aromatic nitrogens is 3. The molecule has 0 saturated carbocycles. The fourth-order valence-electron chi connectivity index (χ4n) is 4.17. The van der Waals surface area contributed by atoms with Crippen LogP contribution in [0.4, 0.5) is 24.7 Å². The van der Waals surface area contributed by atoms with Crippen LogP contribution in [0, 0.1) is 28.8 Å². The van der Waals surface area contributed by atoms with Gasteiger partial charge in [0.25, 0.3) is 0 Å². The topological polar surface area (TPSA) is 107 Å². The number of aromatic amines is 1. The molecule has 5 rings (SSSR count). The Kier molecular flexibility index (Phi) is 5.11. The number of anilines is 2. The van der Waals surface area contributed by atoms with Crippen molar-refractivity contribution in [2.45, 2.75) is 0 Å². The summed E-state index contributed by atoms with van der Waals surface area (Å²) in [5, 5.41) is 20.2. The van der Waals surface area contributed by atoms with E-state index in [-0.39, 0.29) is 22.7 Å². The lowest BCUT2D eigenvalue weighted by Crippen LogP contribution is -2.43. The van der Waals surface area contributed by atoms with Crippen molar-refractivity contribution in [1.29, 1.82) is 5.26 Å². The summed E-state index contributed by atoms with van der Waals surface area (Å²) in [6, 6.07) is 10.9. The van der Waals surface area contributed by atoms with Crippen LogP contribution in [0.5, 0.6) is 0 Å². The molecule has 0 atom stereocenters. The number of pyridine rings is 1. The van der Waals surface area contributed by atoms with Crippen molar-refractivity contribution in [3.8, 4) is 28.5 Å². The highest BCUT2D eigenvalue weighted by Gasteiger charge is 2.26. The number of halogens is 3. The van der Waals surface area contributed by atoms with E-state index >= 15 is 0 Å². The van der Waals surface area contributed by atoms with Gasteiger partial charge in [-0.05, 0) is 29.8 Å². The summed E-state index contributed by atoms with van der Waals surface area (Å²) in [4.78, 5) is 6.42. The quantitative estimate of drug-likeness (QED) is 0.413. The maximum atomic E-state index is 14.6. The molecule has 0 radical (unpaired) electrons. The van der Waals surface area contributed by atoms with E-state index in [1.165, 1.54) is 0 Å². The van der Waals surface area contributed by atoms with Crippen LogP contribution in [0.2, 0.25) is 0 Å². The zero-order valence-corrected chi connectivity index (χ0v) is 17.3. The van der Waals surface area contributed by atoms with Crippen LogP contribution < -0.4 is 16.0 Å². The van der Waals surface area contributed by atoms with Gasteiger partial charge in [-0.3, -0.25) is 5.10 Å². The maximum Gasteiger partial charge on any atom is 0.171 e. The number of nitrogens with zero attached hydrogens (tertiary/aromatic N) is 4. The molecule has 2 aromatic carbocycles. The number of nitrogens with two attached hydrogens (primary N) is 1. The third-order valence-electron chi connectivity index (χ3n) is 5.77. The highest BCUT2D eigenvalue weighted by molar-refractivity contribution is 6.04. The first-order chi connectivity index (χ1) is 16.0. The number of hydrogen-bond donors (Lipinski definition) is 3. The minimum atomic E-state index is -1.43. The summed E-state index contributed by atoms with van der Waals surface area (Å²) < 4.78 is 43.2. The molecule has 1 aliphatic rings. The van der Waals surface area contributed by atoms with Crippen molar-refractivity contribution in [2.24, 2.45) is 0 Å². The molecule has 4 N–H and O–H groups in total. The van der Waals surface area contributed by atoms with Crippen LogP contribution in [-0.4, -0.2) is 41.4 Å². The molecule has 0 bridgehead atoms. The molecule has 0 aliphatic carbocycles. The summed E-state index contributed by atoms with van der Waals surface area (Å²) in [6.07, 6.45) is 0. The Balaban J connectivity index is 1.75. The van der Waals surface area contributed by atoms with Crippen molar-refractivity contribution in [2.75, 3.05) is 36.8 Å². The van der Waals surface area contributed by atoms with Gasteiger partial charge in [-0.15, -0.1) is 0 Å². The van der Waals surface area contributed by atoms with E-state index in [4.69, 9.17) is 5.73 Å². The standard InChI is InChI=1S/C23H18F3N7/c24-15-5-6-16(25)20(26)18(15)21-14(11-27)17(19-22(28)31-32-23(19)30-21)12-1-3-13(4-2-12)33-9-7-29-8-10-33/h1-6,29H,7-10H2,(H3,28,30,31,32). The Morgan fingerprint density at radius 1 is 0.970 bits per heavy atom. The fourth-order valence-corrected chi connectivity index (χ4v) is 4.17. The monoisotopic (exact) mass is 449 g/mol. The van der Waals surface area contributed by atoms with Crippen molar-refractivity contribution < 1.29 is 13.2 Å². The van der Waals surface area contributed by atoms with Gasteiger partial charge in [0.1, 0.15) is 11.9 Å². The predicted molar refractivity (Wildman–Crippen MR) is 119 cm³/mol. The number of H-pyrrole nitrogens is 1. The molecule has 7 nitrogen and oxygen atoms in total. The van der Waals surface area contributed by atoms with Crippen LogP contribution in [-0.2, 0) is 0 Å². The van der Waals surface area contributed by atoms with E-state index in [0.29, 0.717) is 22.6 Å². The van der Waals surface area contributed by atoms with Gasteiger partial charge in [0.2, 0.25) is 0 Å². The van der Waals surface area contributed by atoms with Crippen molar-refractivity contribution in [3.05, 3.63) is 59.4 Å². The highest BCUT2D eigenvalue weighted by Crippen LogP contribution is 2.40. The highest BCUT2D eigenvalue weighted by atomic mass is 19.2. The molecule has 0 spiro atoms.